The molecule has 174 valence electrons. The maximum Gasteiger partial charge on any atom is 0.278 e. The Morgan fingerprint density at radius 3 is 2.59 bits per heavy atom. The van der Waals surface area contributed by atoms with Crippen molar-refractivity contribution in [1.29, 1.82) is 0 Å². The molecule has 0 atom stereocenters. The van der Waals surface area contributed by atoms with Crippen molar-refractivity contribution < 1.29 is 17.2 Å². The molecular formula is C21H18F2N8O2S. The summed E-state index contributed by atoms with van der Waals surface area (Å²) in [7, 11) is -3.72. The molecule has 0 unspecified atom stereocenters. The molecule has 1 fully saturated rings. The van der Waals surface area contributed by atoms with Crippen molar-refractivity contribution in [3.8, 4) is 22.6 Å². The van der Waals surface area contributed by atoms with E-state index in [0.29, 0.717) is 66.0 Å². The van der Waals surface area contributed by atoms with Crippen molar-refractivity contribution in [2.45, 2.75) is 24.5 Å². The fourth-order valence-electron chi connectivity index (χ4n) is 4.11. The van der Waals surface area contributed by atoms with Gasteiger partial charge in [0.2, 0.25) is 0 Å². The SMILES string of the molecule is O=S(=O)(c1ncc(-c2n[nH]c3cnc(-c4c(F)cc5c(c4F)CNCC5)nc23)cn1)N1CCC1. The van der Waals surface area contributed by atoms with Crippen LogP contribution in [0.25, 0.3) is 33.7 Å². The number of nitrogens with zero attached hydrogens (tertiary/aromatic N) is 6. The van der Waals surface area contributed by atoms with Crippen LogP contribution < -0.4 is 5.32 Å². The normalized spacial score (nSPS) is 16.4. The monoisotopic (exact) mass is 484 g/mol. The fraction of sp³-hybridized carbons (Fsp3) is 0.286. The predicted molar refractivity (Wildman–Crippen MR) is 117 cm³/mol. The Hall–Kier alpha value is -3.42. The number of benzene rings is 1. The Morgan fingerprint density at radius 1 is 1.06 bits per heavy atom. The number of H-pyrrole nitrogens is 1. The highest BCUT2D eigenvalue weighted by molar-refractivity contribution is 7.89. The largest absolute Gasteiger partial charge is 0.312 e. The number of sulfonamides is 1. The van der Waals surface area contributed by atoms with E-state index >= 15 is 4.39 Å². The van der Waals surface area contributed by atoms with Gasteiger partial charge in [0.1, 0.15) is 28.4 Å². The van der Waals surface area contributed by atoms with E-state index in [1.165, 1.54) is 29.0 Å². The third kappa shape index (κ3) is 3.27. The van der Waals surface area contributed by atoms with E-state index in [1.807, 2.05) is 0 Å². The summed E-state index contributed by atoms with van der Waals surface area (Å²) in [6.07, 6.45) is 5.42. The van der Waals surface area contributed by atoms with Crippen molar-refractivity contribution in [3.63, 3.8) is 0 Å². The summed E-state index contributed by atoms with van der Waals surface area (Å²) in [5.74, 6) is -1.53. The lowest BCUT2D eigenvalue weighted by molar-refractivity contribution is 0.307. The van der Waals surface area contributed by atoms with Gasteiger partial charge in [-0.3, -0.25) is 5.10 Å². The van der Waals surface area contributed by atoms with Gasteiger partial charge in [0, 0.05) is 43.2 Å². The molecule has 0 aliphatic carbocycles. The summed E-state index contributed by atoms with van der Waals surface area (Å²) < 4.78 is 56.4. The number of aromatic nitrogens is 6. The average molecular weight is 484 g/mol. The maximum atomic E-state index is 15.2. The molecule has 10 nitrogen and oxygen atoms in total. The highest BCUT2D eigenvalue weighted by Crippen LogP contribution is 2.32. The molecule has 2 N–H and O–H groups in total. The van der Waals surface area contributed by atoms with Crippen LogP contribution in [0.4, 0.5) is 8.78 Å². The molecule has 2 aliphatic heterocycles. The zero-order valence-corrected chi connectivity index (χ0v) is 18.5. The molecule has 13 heteroatoms. The lowest BCUT2D eigenvalue weighted by Gasteiger charge is -2.28. The number of aromatic amines is 1. The van der Waals surface area contributed by atoms with Crippen LogP contribution in [-0.4, -0.2) is 62.5 Å². The molecule has 0 saturated carbocycles. The maximum absolute atomic E-state index is 15.2. The predicted octanol–water partition coefficient (Wildman–Crippen LogP) is 1.80. The molecule has 4 aromatic rings. The molecule has 2 aliphatic rings. The van der Waals surface area contributed by atoms with Gasteiger partial charge in [-0.05, 0) is 31.0 Å². The zero-order chi connectivity index (χ0) is 23.4. The molecule has 6 rings (SSSR count). The number of fused-ring (bicyclic) bond motifs is 2. The highest BCUT2D eigenvalue weighted by atomic mass is 32.2. The van der Waals surface area contributed by atoms with Crippen molar-refractivity contribution in [1.82, 2.24) is 39.8 Å². The Kier molecular flexibility index (Phi) is 4.86. The fourth-order valence-corrected chi connectivity index (χ4v) is 5.46. The smallest absolute Gasteiger partial charge is 0.278 e. The van der Waals surface area contributed by atoms with E-state index in [4.69, 9.17) is 0 Å². The summed E-state index contributed by atoms with van der Waals surface area (Å²) >= 11 is 0. The van der Waals surface area contributed by atoms with Gasteiger partial charge in [-0.25, -0.2) is 37.1 Å². The zero-order valence-electron chi connectivity index (χ0n) is 17.7. The Balaban J connectivity index is 1.41. The van der Waals surface area contributed by atoms with Crippen molar-refractivity contribution in [2.75, 3.05) is 19.6 Å². The van der Waals surface area contributed by atoms with Gasteiger partial charge in [0.15, 0.2) is 5.82 Å². The van der Waals surface area contributed by atoms with E-state index in [0.717, 1.165) is 6.42 Å². The Labute approximate surface area is 192 Å². The van der Waals surface area contributed by atoms with E-state index in [2.05, 4.69) is 35.5 Å². The second kappa shape index (κ2) is 7.82. The molecular weight excluding hydrogens is 466 g/mol. The highest BCUT2D eigenvalue weighted by Gasteiger charge is 2.32. The first-order valence-corrected chi connectivity index (χ1v) is 12.1. The quantitative estimate of drug-likeness (QED) is 0.420. The van der Waals surface area contributed by atoms with Crippen molar-refractivity contribution >= 4 is 21.1 Å². The number of hydrogen-bond donors (Lipinski definition) is 2. The molecule has 1 aromatic carbocycles. The first kappa shape index (κ1) is 21.1. The van der Waals surface area contributed by atoms with Gasteiger partial charge in [-0.15, -0.1) is 0 Å². The molecule has 1 saturated heterocycles. The van der Waals surface area contributed by atoms with E-state index < -0.39 is 21.7 Å². The van der Waals surface area contributed by atoms with Crippen LogP contribution in [0.2, 0.25) is 0 Å². The van der Waals surface area contributed by atoms with Gasteiger partial charge < -0.3 is 5.32 Å². The number of halogens is 2. The van der Waals surface area contributed by atoms with Crippen LogP contribution in [0.3, 0.4) is 0 Å². The van der Waals surface area contributed by atoms with E-state index in [9.17, 15) is 12.8 Å². The summed E-state index contributed by atoms with van der Waals surface area (Å²) in [5.41, 5.74) is 2.20. The lowest BCUT2D eigenvalue weighted by atomic mass is 9.96. The first-order chi connectivity index (χ1) is 16.4. The van der Waals surface area contributed by atoms with Crippen molar-refractivity contribution in [3.05, 3.63) is 47.4 Å². The second-order valence-electron chi connectivity index (χ2n) is 8.15. The molecule has 0 radical (unpaired) electrons. The number of nitrogens with one attached hydrogen (secondary N) is 2. The summed E-state index contributed by atoms with van der Waals surface area (Å²) in [5, 5.41) is 9.77. The van der Waals surface area contributed by atoms with Crippen LogP contribution in [0, 0.1) is 11.6 Å². The molecule has 0 bridgehead atoms. The number of rotatable bonds is 4. The number of hydrogen-bond acceptors (Lipinski definition) is 8. The molecule has 5 heterocycles. The molecule has 0 spiro atoms. The van der Waals surface area contributed by atoms with Gasteiger partial charge in [-0.1, -0.05) is 0 Å². The summed E-state index contributed by atoms with van der Waals surface area (Å²) in [6, 6.07) is 1.34. The minimum Gasteiger partial charge on any atom is -0.312 e. The standard InChI is InChI=1S/C21H18F2N8O2S/c22-14-6-11-2-3-24-9-13(11)17(23)16(14)20-25-10-15-19(28-20)18(30-29-15)12-7-26-21(27-8-12)34(32,33)31-4-1-5-31/h6-8,10,24H,1-5,9H2,(H,29,30). The van der Waals surface area contributed by atoms with Crippen LogP contribution in [0.15, 0.2) is 29.8 Å². The third-order valence-corrected chi connectivity index (χ3v) is 7.81. The molecule has 3 aromatic heterocycles. The van der Waals surface area contributed by atoms with Gasteiger partial charge in [0.25, 0.3) is 15.2 Å². The lowest BCUT2D eigenvalue weighted by Crippen LogP contribution is -2.42. The molecule has 0 amide bonds. The molecule has 34 heavy (non-hydrogen) atoms. The van der Waals surface area contributed by atoms with Gasteiger partial charge in [-0.2, -0.15) is 9.40 Å². The topological polar surface area (TPSA) is 130 Å². The van der Waals surface area contributed by atoms with Gasteiger partial charge in [0.05, 0.1) is 11.8 Å². The van der Waals surface area contributed by atoms with Gasteiger partial charge >= 0.3 is 0 Å². The van der Waals surface area contributed by atoms with E-state index in [1.54, 1.807) is 0 Å². The average Bonchev–Trinajstić information content (AvgIpc) is 3.21. The second-order valence-corrected chi connectivity index (χ2v) is 9.98. The Bertz CT molecular complexity index is 1530. The van der Waals surface area contributed by atoms with Crippen LogP contribution in [-0.2, 0) is 23.0 Å². The summed E-state index contributed by atoms with van der Waals surface area (Å²) in [6.45, 7) is 1.86. The minimum atomic E-state index is -3.72. The van der Waals surface area contributed by atoms with Crippen LogP contribution in [0.1, 0.15) is 17.5 Å². The minimum absolute atomic E-state index is 0.114. The first-order valence-electron chi connectivity index (χ1n) is 10.7. The summed E-state index contributed by atoms with van der Waals surface area (Å²) in [4.78, 5) is 16.5. The van der Waals surface area contributed by atoms with E-state index in [-0.39, 0.29) is 16.5 Å². The van der Waals surface area contributed by atoms with Crippen molar-refractivity contribution in [2.24, 2.45) is 0 Å². The Morgan fingerprint density at radius 2 is 1.85 bits per heavy atom. The van der Waals surface area contributed by atoms with Crippen LogP contribution >= 0.6 is 0 Å². The third-order valence-electron chi connectivity index (χ3n) is 6.10. The van der Waals surface area contributed by atoms with Crippen LogP contribution in [0.5, 0.6) is 0 Å².